The fraction of sp³-hybridized carbons (Fsp3) is 0.812. The Bertz CT molecular complexity index is 444. The molecule has 7 nitrogen and oxygen atoms in total. The molecule has 0 aromatic heterocycles. The third-order valence-corrected chi connectivity index (χ3v) is 3.45. The van der Waals surface area contributed by atoms with Gasteiger partial charge in [-0.1, -0.05) is 0 Å². The molecule has 2 amide bonds. The predicted molar refractivity (Wildman–Crippen MR) is 84.8 cm³/mol. The molecule has 1 saturated heterocycles. The highest BCUT2D eigenvalue weighted by atomic mass is 16.6. The molecule has 0 saturated carbocycles. The molecule has 1 N–H and O–H groups in total. The molecule has 1 rings (SSSR count). The van der Waals surface area contributed by atoms with Crippen molar-refractivity contribution in [2.75, 3.05) is 13.2 Å². The fourth-order valence-electron chi connectivity index (χ4n) is 2.40. The Kier molecular flexibility index (Phi) is 6.84. The molecule has 2 atom stereocenters. The number of piperidine rings is 1. The van der Waals surface area contributed by atoms with Crippen LogP contribution >= 0.6 is 0 Å². The number of nitrogens with zero attached hydrogens (tertiary/aromatic N) is 1. The Labute approximate surface area is 137 Å². The number of hydrogen-bond acceptors (Lipinski definition) is 5. The molecule has 1 aliphatic heterocycles. The van der Waals surface area contributed by atoms with Crippen molar-refractivity contribution in [3.05, 3.63) is 0 Å². The van der Waals surface area contributed by atoms with Crippen LogP contribution in [0.15, 0.2) is 0 Å². The average molecular weight is 328 g/mol. The van der Waals surface area contributed by atoms with Crippen LogP contribution in [0.1, 0.15) is 53.9 Å². The van der Waals surface area contributed by atoms with Crippen molar-refractivity contribution in [3.63, 3.8) is 0 Å². The van der Waals surface area contributed by atoms with Gasteiger partial charge in [0, 0.05) is 13.5 Å². The summed E-state index contributed by atoms with van der Waals surface area (Å²) in [6.07, 6.45) is 2.27. The number of hydrogen-bond donors (Lipinski definition) is 1. The zero-order valence-corrected chi connectivity index (χ0v) is 14.7. The van der Waals surface area contributed by atoms with E-state index in [0.717, 1.165) is 19.3 Å². The van der Waals surface area contributed by atoms with Crippen LogP contribution in [-0.4, -0.2) is 53.7 Å². The lowest BCUT2D eigenvalue weighted by molar-refractivity contribution is -0.149. The lowest BCUT2D eigenvalue weighted by atomic mass is 10.0. The number of carbonyl (C=O) groups is 3. The zero-order valence-electron chi connectivity index (χ0n) is 14.7. The maximum Gasteiger partial charge on any atom is 0.410 e. The largest absolute Gasteiger partial charge is 0.462 e. The van der Waals surface area contributed by atoms with Crippen LogP contribution in [0.5, 0.6) is 0 Å². The average Bonchev–Trinajstić information content (AvgIpc) is 2.42. The highest BCUT2D eigenvalue weighted by molar-refractivity contribution is 5.82. The van der Waals surface area contributed by atoms with Crippen molar-refractivity contribution >= 4 is 18.0 Å². The number of ether oxygens (including phenoxy) is 2. The Balaban J connectivity index is 2.56. The standard InChI is InChI=1S/C16H28N2O5/c1-11(17-12(2)19)14(20)22-10-13-8-6-7-9-18(13)15(21)23-16(3,4)5/h11,13H,6-10H2,1-5H3,(H,17,19)/t11-,13+/m1/s1. The molecule has 0 bridgehead atoms. The maximum atomic E-state index is 12.3. The van der Waals surface area contributed by atoms with Crippen LogP contribution in [0, 0.1) is 0 Å². The SMILES string of the molecule is CC(=O)N[C@H](C)C(=O)OC[C@@H]1CCCCN1C(=O)OC(C)(C)C. The van der Waals surface area contributed by atoms with Crippen molar-refractivity contribution < 1.29 is 23.9 Å². The quantitative estimate of drug-likeness (QED) is 0.796. The number of carbonyl (C=O) groups excluding carboxylic acids is 3. The van der Waals surface area contributed by atoms with Gasteiger partial charge in [0.05, 0.1) is 6.04 Å². The number of esters is 1. The second-order valence-corrected chi connectivity index (χ2v) is 6.88. The van der Waals surface area contributed by atoms with Gasteiger partial charge in [-0.05, 0) is 47.0 Å². The van der Waals surface area contributed by atoms with Crippen LogP contribution in [0.4, 0.5) is 4.79 Å². The molecule has 7 heteroatoms. The summed E-state index contributed by atoms with van der Waals surface area (Å²) in [4.78, 5) is 36.7. The van der Waals surface area contributed by atoms with E-state index in [-0.39, 0.29) is 24.6 Å². The van der Waals surface area contributed by atoms with Crippen molar-refractivity contribution in [1.82, 2.24) is 10.2 Å². The first-order valence-electron chi connectivity index (χ1n) is 8.03. The highest BCUT2D eigenvalue weighted by Crippen LogP contribution is 2.20. The fourth-order valence-corrected chi connectivity index (χ4v) is 2.40. The first-order chi connectivity index (χ1) is 10.6. The van der Waals surface area contributed by atoms with Crippen LogP contribution in [0.2, 0.25) is 0 Å². The lowest BCUT2D eigenvalue weighted by Gasteiger charge is -2.36. The van der Waals surface area contributed by atoms with Gasteiger partial charge in [-0.3, -0.25) is 4.79 Å². The summed E-state index contributed by atoms with van der Waals surface area (Å²) in [5.41, 5.74) is -0.560. The van der Waals surface area contributed by atoms with E-state index in [0.29, 0.717) is 6.54 Å². The number of amides is 2. The number of rotatable bonds is 4. The van der Waals surface area contributed by atoms with E-state index in [2.05, 4.69) is 5.32 Å². The summed E-state index contributed by atoms with van der Waals surface area (Å²) in [6.45, 7) is 9.07. The zero-order chi connectivity index (χ0) is 17.6. The second kappa shape index (κ2) is 8.17. The Morgan fingerprint density at radius 3 is 2.48 bits per heavy atom. The molecule has 0 unspecified atom stereocenters. The summed E-state index contributed by atoms with van der Waals surface area (Å²) >= 11 is 0. The summed E-state index contributed by atoms with van der Waals surface area (Å²) in [5, 5.41) is 2.48. The van der Waals surface area contributed by atoms with E-state index >= 15 is 0 Å². The molecule has 23 heavy (non-hydrogen) atoms. The third kappa shape index (κ3) is 6.88. The minimum atomic E-state index is -0.703. The van der Waals surface area contributed by atoms with Gasteiger partial charge in [-0.25, -0.2) is 9.59 Å². The molecular formula is C16H28N2O5. The minimum absolute atomic E-state index is 0.113. The van der Waals surface area contributed by atoms with E-state index in [4.69, 9.17) is 9.47 Å². The molecule has 0 aromatic carbocycles. The van der Waals surface area contributed by atoms with Gasteiger partial charge in [0.1, 0.15) is 18.2 Å². The highest BCUT2D eigenvalue weighted by Gasteiger charge is 2.31. The van der Waals surface area contributed by atoms with E-state index in [1.54, 1.807) is 11.8 Å². The first-order valence-corrected chi connectivity index (χ1v) is 8.03. The predicted octanol–water partition coefficient (Wildman–Crippen LogP) is 1.84. The molecule has 0 spiro atoms. The summed E-state index contributed by atoms with van der Waals surface area (Å²) < 4.78 is 10.7. The van der Waals surface area contributed by atoms with Gasteiger partial charge in [0.2, 0.25) is 5.91 Å². The van der Waals surface area contributed by atoms with Crippen molar-refractivity contribution in [1.29, 1.82) is 0 Å². The molecule has 0 aromatic rings. The Hall–Kier alpha value is -1.79. The summed E-state index contributed by atoms with van der Waals surface area (Å²) in [6, 6.07) is -0.891. The van der Waals surface area contributed by atoms with Crippen molar-refractivity contribution in [2.45, 2.75) is 71.6 Å². The van der Waals surface area contributed by atoms with Gasteiger partial charge in [0.15, 0.2) is 0 Å². The van der Waals surface area contributed by atoms with Crippen LogP contribution in [0.25, 0.3) is 0 Å². The molecule has 1 heterocycles. The van der Waals surface area contributed by atoms with Gasteiger partial charge in [-0.15, -0.1) is 0 Å². The van der Waals surface area contributed by atoms with Crippen LogP contribution in [-0.2, 0) is 19.1 Å². The Morgan fingerprint density at radius 2 is 1.91 bits per heavy atom. The number of nitrogens with one attached hydrogen (secondary N) is 1. The van der Waals surface area contributed by atoms with Gasteiger partial charge < -0.3 is 19.7 Å². The maximum absolute atomic E-state index is 12.3. The lowest BCUT2D eigenvalue weighted by Crippen LogP contribution is -2.49. The number of likely N-dealkylation sites (tertiary alicyclic amines) is 1. The third-order valence-electron chi connectivity index (χ3n) is 3.45. The van der Waals surface area contributed by atoms with E-state index < -0.39 is 17.6 Å². The van der Waals surface area contributed by atoms with Gasteiger partial charge in [-0.2, -0.15) is 0 Å². The first kappa shape index (κ1) is 19.3. The Morgan fingerprint density at radius 1 is 1.26 bits per heavy atom. The van der Waals surface area contributed by atoms with E-state index in [1.807, 2.05) is 20.8 Å². The monoisotopic (exact) mass is 328 g/mol. The van der Waals surface area contributed by atoms with Crippen LogP contribution < -0.4 is 5.32 Å². The molecule has 0 aliphatic carbocycles. The van der Waals surface area contributed by atoms with E-state index in [1.165, 1.54) is 6.92 Å². The van der Waals surface area contributed by atoms with Gasteiger partial charge >= 0.3 is 12.1 Å². The van der Waals surface area contributed by atoms with Crippen molar-refractivity contribution in [2.24, 2.45) is 0 Å². The van der Waals surface area contributed by atoms with E-state index in [9.17, 15) is 14.4 Å². The normalized spacial score (nSPS) is 19.7. The topological polar surface area (TPSA) is 84.9 Å². The smallest absolute Gasteiger partial charge is 0.410 e. The molecular weight excluding hydrogens is 300 g/mol. The van der Waals surface area contributed by atoms with Gasteiger partial charge in [0.25, 0.3) is 0 Å². The summed E-state index contributed by atoms with van der Waals surface area (Å²) in [7, 11) is 0. The molecule has 1 fully saturated rings. The molecule has 132 valence electrons. The molecule has 1 aliphatic rings. The van der Waals surface area contributed by atoms with Crippen LogP contribution in [0.3, 0.4) is 0 Å². The minimum Gasteiger partial charge on any atom is -0.462 e. The molecule has 0 radical (unpaired) electrons. The second-order valence-electron chi connectivity index (χ2n) is 6.88. The summed E-state index contributed by atoms with van der Waals surface area (Å²) in [5.74, 6) is -0.794. The van der Waals surface area contributed by atoms with Crippen molar-refractivity contribution in [3.8, 4) is 0 Å².